The third kappa shape index (κ3) is 3.81. The summed E-state index contributed by atoms with van der Waals surface area (Å²) in [5, 5.41) is 10.7. The molecule has 4 rings (SSSR count). The number of amides is 1. The zero-order valence-corrected chi connectivity index (χ0v) is 18.2. The van der Waals surface area contributed by atoms with Crippen LogP contribution in [0.1, 0.15) is 37.3 Å². The number of hydrogen-bond donors (Lipinski definition) is 0. The topological polar surface area (TPSA) is 46.1 Å². The maximum absolute atomic E-state index is 12.5. The molecule has 7 heteroatoms. The summed E-state index contributed by atoms with van der Waals surface area (Å²) in [5.41, 5.74) is 3.43. The summed E-state index contributed by atoms with van der Waals surface area (Å²) in [6.07, 6.45) is 0. The summed E-state index contributed by atoms with van der Waals surface area (Å²) in [6.45, 7) is 6.58. The van der Waals surface area contributed by atoms with E-state index < -0.39 is 0 Å². The van der Waals surface area contributed by atoms with E-state index in [9.17, 15) is 4.79 Å². The van der Waals surface area contributed by atoms with E-state index in [2.05, 4.69) is 55.2 Å². The monoisotopic (exact) mass is 429 g/mol. The smallest absolute Gasteiger partial charge is 0.240 e. The van der Waals surface area contributed by atoms with Crippen molar-refractivity contribution < 1.29 is 4.79 Å². The minimum absolute atomic E-state index is 0.0516. The van der Waals surface area contributed by atoms with Crippen LogP contribution in [0.3, 0.4) is 0 Å². The Morgan fingerprint density at radius 2 is 1.71 bits per heavy atom. The summed E-state index contributed by atoms with van der Waals surface area (Å²) in [5.74, 6) is 0.485. The van der Waals surface area contributed by atoms with Crippen molar-refractivity contribution in [1.82, 2.24) is 10.2 Å². The molecule has 1 amide bonds. The van der Waals surface area contributed by atoms with E-state index in [1.807, 2.05) is 24.3 Å². The summed E-state index contributed by atoms with van der Waals surface area (Å²) >= 11 is 9.04. The number of thioether (sulfide) groups is 1. The van der Waals surface area contributed by atoms with Crippen LogP contribution in [-0.2, 0) is 10.2 Å². The van der Waals surface area contributed by atoms with Crippen molar-refractivity contribution in [3.63, 3.8) is 0 Å². The molecular weight excluding hydrogens is 410 g/mol. The number of carbonyl (C=O) groups excluding carboxylic acids is 1. The van der Waals surface area contributed by atoms with Crippen molar-refractivity contribution in [2.24, 2.45) is 0 Å². The Labute approximate surface area is 177 Å². The molecule has 1 saturated heterocycles. The van der Waals surface area contributed by atoms with Gasteiger partial charge in [0.2, 0.25) is 11.0 Å². The Morgan fingerprint density at radius 3 is 2.36 bits per heavy atom. The number of rotatable bonds is 3. The first-order valence-electron chi connectivity index (χ1n) is 8.96. The average Bonchev–Trinajstić information content (AvgIpc) is 3.28. The first-order valence-corrected chi connectivity index (χ1v) is 11.2. The molecule has 0 bridgehead atoms. The van der Waals surface area contributed by atoms with Gasteiger partial charge in [-0.2, -0.15) is 0 Å². The quantitative estimate of drug-likeness (QED) is 0.517. The van der Waals surface area contributed by atoms with Gasteiger partial charge in [0.25, 0.3) is 0 Å². The second-order valence-electron chi connectivity index (χ2n) is 7.70. The fraction of sp³-hybridized carbons (Fsp3) is 0.286. The number of aromatic nitrogens is 2. The fourth-order valence-electron chi connectivity index (χ4n) is 3.05. The average molecular weight is 430 g/mol. The number of nitrogens with zero attached hydrogens (tertiary/aromatic N) is 3. The second-order valence-corrected chi connectivity index (χ2v) is 10.2. The van der Waals surface area contributed by atoms with E-state index in [1.54, 1.807) is 16.7 Å². The molecule has 1 unspecified atom stereocenters. The Hall–Kier alpha value is -1.89. The Bertz CT molecular complexity index is 994. The zero-order chi connectivity index (χ0) is 19.9. The van der Waals surface area contributed by atoms with Crippen LogP contribution in [0.25, 0.3) is 10.6 Å². The highest BCUT2D eigenvalue weighted by Crippen LogP contribution is 2.43. The SMILES string of the molecule is CC(C)(C)c1ccc(-c2nnc(N3C(=O)CSC3c3ccc(Cl)cc3)s2)cc1. The molecule has 0 radical (unpaired) electrons. The normalized spacial score (nSPS) is 17.4. The Morgan fingerprint density at radius 1 is 1.04 bits per heavy atom. The van der Waals surface area contributed by atoms with Crippen molar-refractivity contribution in [3.05, 3.63) is 64.7 Å². The minimum Gasteiger partial charge on any atom is -0.273 e. The van der Waals surface area contributed by atoms with Gasteiger partial charge in [-0.3, -0.25) is 9.69 Å². The number of hydrogen-bond acceptors (Lipinski definition) is 5. The molecule has 0 spiro atoms. The van der Waals surface area contributed by atoms with Gasteiger partial charge in [-0.05, 0) is 28.7 Å². The Balaban J connectivity index is 1.62. The van der Waals surface area contributed by atoms with E-state index >= 15 is 0 Å². The van der Waals surface area contributed by atoms with Crippen molar-refractivity contribution in [2.45, 2.75) is 31.6 Å². The predicted molar refractivity (Wildman–Crippen MR) is 118 cm³/mol. The predicted octanol–water partition coefficient (Wildman–Crippen LogP) is 5.93. The lowest BCUT2D eigenvalue weighted by Crippen LogP contribution is -2.27. The third-order valence-electron chi connectivity index (χ3n) is 4.64. The molecule has 1 atom stereocenters. The van der Waals surface area contributed by atoms with Gasteiger partial charge in [0.05, 0.1) is 5.75 Å². The van der Waals surface area contributed by atoms with Crippen molar-refractivity contribution in [2.75, 3.05) is 10.7 Å². The van der Waals surface area contributed by atoms with E-state index in [4.69, 9.17) is 11.6 Å². The summed E-state index contributed by atoms with van der Waals surface area (Å²) in [7, 11) is 0. The largest absolute Gasteiger partial charge is 0.273 e. The van der Waals surface area contributed by atoms with Gasteiger partial charge < -0.3 is 0 Å². The van der Waals surface area contributed by atoms with E-state index in [-0.39, 0.29) is 16.7 Å². The van der Waals surface area contributed by atoms with Crippen molar-refractivity contribution >= 4 is 45.7 Å². The van der Waals surface area contributed by atoms with E-state index in [1.165, 1.54) is 16.9 Å². The lowest BCUT2D eigenvalue weighted by molar-refractivity contribution is -0.115. The highest BCUT2D eigenvalue weighted by Gasteiger charge is 2.36. The minimum atomic E-state index is -0.103. The van der Waals surface area contributed by atoms with Gasteiger partial charge in [0, 0.05) is 10.6 Å². The molecule has 1 fully saturated rings. The molecule has 144 valence electrons. The lowest BCUT2D eigenvalue weighted by Gasteiger charge is -2.21. The van der Waals surface area contributed by atoms with Gasteiger partial charge in [-0.25, -0.2) is 0 Å². The fourth-order valence-corrected chi connectivity index (χ4v) is 5.29. The molecule has 28 heavy (non-hydrogen) atoms. The number of halogens is 1. The molecule has 1 aliphatic heterocycles. The number of benzene rings is 2. The molecule has 3 aromatic rings. The molecule has 1 aromatic heterocycles. The lowest BCUT2D eigenvalue weighted by atomic mass is 9.87. The van der Waals surface area contributed by atoms with Gasteiger partial charge >= 0.3 is 0 Å². The van der Waals surface area contributed by atoms with Crippen LogP contribution in [0.4, 0.5) is 5.13 Å². The van der Waals surface area contributed by atoms with Crippen LogP contribution in [0.2, 0.25) is 5.02 Å². The van der Waals surface area contributed by atoms with E-state index in [0.717, 1.165) is 16.1 Å². The van der Waals surface area contributed by atoms with Gasteiger partial charge in [-0.1, -0.05) is 80.1 Å². The van der Waals surface area contributed by atoms with Crippen LogP contribution >= 0.6 is 34.7 Å². The first kappa shape index (κ1) is 19.4. The van der Waals surface area contributed by atoms with Crippen LogP contribution in [0, 0.1) is 0 Å². The number of anilines is 1. The number of carbonyl (C=O) groups is 1. The van der Waals surface area contributed by atoms with Crippen molar-refractivity contribution in [3.8, 4) is 10.6 Å². The molecule has 4 nitrogen and oxygen atoms in total. The maximum Gasteiger partial charge on any atom is 0.240 e. The molecule has 0 saturated carbocycles. The first-order chi connectivity index (χ1) is 13.3. The summed E-state index contributed by atoms with van der Waals surface area (Å²) < 4.78 is 0. The molecular formula is C21H20ClN3OS2. The van der Waals surface area contributed by atoms with Crippen LogP contribution in [0.15, 0.2) is 48.5 Å². The zero-order valence-electron chi connectivity index (χ0n) is 15.8. The van der Waals surface area contributed by atoms with Crippen LogP contribution < -0.4 is 4.90 Å². The van der Waals surface area contributed by atoms with Crippen LogP contribution in [-0.4, -0.2) is 21.9 Å². The van der Waals surface area contributed by atoms with Gasteiger partial charge in [0.15, 0.2) is 0 Å². The molecule has 2 heterocycles. The van der Waals surface area contributed by atoms with Gasteiger partial charge in [0.1, 0.15) is 10.4 Å². The third-order valence-corrected chi connectivity index (χ3v) is 7.08. The van der Waals surface area contributed by atoms with Gasteiger partial charge in [-0.15, -0.1) is 22.0 Å². The molecule has 0 N–H and O–H groups in total. The highest BCUT2D eigenvalue weighted by molar-refractivity contribution is 8.00. The summed E-state index contributed by atoms with van der Waals surface area (Å²) in [6, 6.07) is 16.0. The second kappa shape index (κ2) is 7.50. The maximum atomic E-state index is 12.5. The van der Waals surface area contributed by atoms with Crippen LogP contribution in [0.5, 0.6) is 0 Å². The standard InChI is InChI=1S/C21H20ClN3OS2/c1-21(2,3)15-8-4-13(5-9-15)18-23-24-20(28-18)25-17(26)12-27-19(25)14-6-10-16(22)11-7-14/h4-11,19H,12H2,1-3H3. The molecule has 1 aliphatic rings. The molecule has 0 aliphatic carbocycles. The highest BCUT2D eigenvalue weighted by atomic mass is 35.5. The van der Waals surface area contributed by atoms with Crippen molar-refractivity contribution in [1.29, 1.82) is 0 Å². The van der Waals surface area contributed by atoms with E-state index in [0.29, 0.717) is 15.9 Å². The Kier molecular flexibility index (Phi) is 5.21. The summed E-state index contributed by atoms with van der Waals surface area (Å²) in [4.78, 5) is 14.3. The molecule has 2 aromatic carbocycles.